The molecule has 10 heteroatoms. The molecule has 2 N–H and O–H groups in total. The molecule has 33 heavy (non-hydrogen) atoms. The second-order valence-electron chi connectivity index (χ2n) is 9.90. The molecule has 2 aromatic rings. The number of nitrogens with one attached hydrogen (secondary N) is 1. The maximum Gasteiger partial charge on any atom is 0.270 e. The standard InChI is InChI=1S/C23H31N5O5/c1-14-16(7-8-17(29)26-9-11-33-12-10-26)20-27(13-23(2,3)4)21(31)18(22(32)28(20)25-14)19(30)24-15-5-6-15/h7-8,15,32H,5-6,9-13H2,1-4H3,(H,24,30)/b8-7+. The first-order chi connectivity index (χ1) is 15.6. The van der Waals surface area contributed by atoms with Crippen LogP contribution in [0.4, 0.5) is 0 Å². The molecule has 1 aliphatic carbocycles. The van der Waals surface area contributed by atoms with E-state index in [1.807, 2.05) is 20.8 Å². The first-order valence-corrected chi connectivity index (χ1v) is 11.3. The lowest BCUT2D eigenvalue weighted by Crippen LogP contribution is -2.39. The van der Waals surface area contributed by atoms with Crippen molar-refractivity contribution in [2.24, 2.45) is 5.41 Å². The van der Waals surface area contributed by atoms with Crippen molar-refractivity contribution in [1.82, 2.24) is 24.4 Å². The first kappa shape index (κ1) is 23.0. The highest BCUT2D eigenvalue weighted by molar-refractivity contribution is 5.97. The molecule has 0 aromatic carbocycles. The lowest BCUT2D eigenvalue weighted by atomic mass is 9.96. The van der Waals surface area contributed by atoms with Crippen LogP contribution >= 0.6 is 0 Å². The average molecular weight is 458 g/mol. The van der Waals surface area contributed by atoms with Gasteiger partial charge in [-0.3, -0.25) is 19.0 Å². The molecule has 1 saturated heterocycles. The lowest BCUT2D eigenvalue weighted by Gasteiger charge is -2.25. The fraction of sp³-hybridized carbons (Fsp3) is 0.565. The average Bonchev–Trinajstić information content (AvgIpc) is 3.50. The van der Waals surface area contributed by atoms with Gasteiger partial charge in [0, 0.05) is 37.3 Å². The van der Waals surface area contributed by atoms with E-state index in [9.17, 15) is 19.5 Å². The Labute approximate surface area is 191 Å². The molecule has 0 bridgehead atoms. The molecule has 1 saturated carbocycles. The topological polar surface area (TPSA) is 118 Å². The Kier molecular flexibility index (Phi) is 6.04. The third-order valence-electron chi connectivity index (χ3n) is 5.71. The predicted octanol–water partition coefficient (Wildman–Crippen LogP) is 1.32. The number of fused-ring (bicyclic) bond motifs is 1. The van der Waals surface area contributed by atoms with Crippen molar-refractivity contribution in [3.63, 3.8) is 0 Å². The molecule has 10 nitrogen and oxygen atoms in total. The summed E-state index contributed by atoms with van der Waals surface area (Å²) < 4.78 is 7.99. The number of rotatable bonds is 5. The van der Waals surface area contributed by atoms with Gasteiger partial charge in [-0.1, -0.05) is 20.8 Å². The van der Waals surface area contributed by atoms with E-state index in [0.29, 0.717) is 49.8 Å². The normalized spacial score (nSPS) is 17.2. The Morgan fingerprint density at radius 3 is 2.52 bits per heavy atom. The largest absolute Gasteiger partial charge is 0.492 e. The van der Waals surface area contributed by atoms with E-state index in [1.54, 1.807) is 17.9 Å². The number of aromatic nitrogens is 3. The van der Waals surface area contributed by atoms with Crippen LogP contribution in [0.3, 0.4) is 0 Å². The van der Waals surface area contributed by atoms with Crippen LogP contribution in [0.5, 0.6) is 5.88 Å². The summed E-state index contributed by atoms with van der Waals surface area (Å²) in [6.07, 6.45) is 4.79. The van der Waals surface area contributed by atoms with Crippen molar-refractivity contribution in [1.29, 1.82) is 0 Å². The lowest BCUT2D eigenvalue weighted by molar-refractivity contribution is -0.129. The van der Waals surface area contributed by atoms with Crippen molar-refractivity contribution in [3.05, 3.63) is 33.3 Å². The van der Waals surface area contributed by atoms with E-state index in [0.717, 1.165) is 12.8 Å². The highest BCUT2D eigenvalue weighted by Gasteiger charge is 2.31. The molecule has 3 heterocycles. The number of amides is 2. The number of hydrogen-bond donors (Lipinski definition) is 2. The van der Waals surface area contributed by atoms with E-state index >= 15 is 0 Å². The molecule has 0 radical (unpaired) electrons. The smallest absolute Gasteiger partial charge is 0.270 e. The Hall–Kier alpha value is -3.14. The Balaban J connectivity index is 1.83. The maximum absolute atomic E-state index is 13.5. The molecule has 0 spiro atoms. The van der Waals surface area contributed by atoms with Crippen molar-refractivity contribution >= 4 is 23.5 Å². The van der Waals surface area contributed by atoms with Gasteiger partial charge >= 0.3 is 0 Å². The number of carbonyl (C=O) groups excluding carboxylic acids is 2. The minimum Gasteiger partial charge on any atom is -0.492 e. The van der Waals surface area contributed by atoms with Gasteiger partial charge in [0.2, 0.25) is 11.8 Å². The number of aryl methyl sites for hydroxylation is 1. The monoisotopic (exact) mass is 457 g/mol. The van der Waals surface area contributed by atoms with Gasteiger partial charge in [-0.25, -0.2) is 0 Å². The minimum absolute atomic E-state index is 0.0344. The number of hydrogen-bond acceptors (Lipinski definition) is 6. The summed E-state index contributed by atoms with van der Waals surface area (Å²) in [5.74, 6) is -1.26. The van der Waals surface area contributed by atoms with Crippen molar-refractivity contribution in [2.75, 3.05) is 26.3 Å². The van der Waals surface area contributed by atoms with Gasteiger partial charge in [-0.15, -0.1) is 0 Å². The molecule has 0 unspecified atom stereocenters. The zero-order valence-corrected chi connectivity index (χ0v) is 19.6. The minimum atomic E-state index is -0.600. The fourth-order valence-corrected chi connectivity index (χ4v) is 3.91. The van der Waals surface area contributed by atoms with Crippen LogP contribution in [0, 0.1) is 12.3 Å². The second-order valence-corrected chi connectivity index (χ2v) is 9.90. The number of morpholine rings is 1. The van der Waals surface area contributed by atoms with E-state index in [1.165, 1.54) is 15.2 Å². The molecule has 2 aromatic heterocycles. The van der Waals surface area contributed by atoms with Gasteiger partial charge in [0.1, 0.15) is 5.65 Å². The van der Waals surface area contributed by atoms with Crippen LogP contribution in [-0.2, 0) is 16.1 Å². The van der Waals surface area contributed by atoms with Gasteiger partial charge in [0.15, 0.2) is 5.56 Å². The maximum atomic E-state index is 13.5. The molecular weight excluding hydrogens is 426 g/mol. The van der Waals surface area contributed by atoms with Crippen LogP contribution in [0.2, 0.25) is 0 Å². The van der Waals surface area contributed by atoms with Crippen molar-refractivity contribution < 1.29 is 19.4 Å². The summed E-state index contributed by atoms with van der Waals surface area (Å²) in [6.45, 7) is 10.0. The Morgan fingerprint density at radius 1 is 1.24 bits per heavy atom. The third kappa shape index (κ3) is 4.80. The molecule has 2 amide bonds. The predicted molar refractivity (Wildman–Crippen MR) is 122 cm³/mol. The summed E-state index contributed by atoms with van der Waals surface area (Å²) in [7, 11) is 0. The molecule has 1 aliphatic heterocycles. The van der Waals surface area contributed by atoms with Crippen LogP contribution in [0.1, 0.15) is 55.2 Å². The van der Waals surface area contributed by atoms with Gasteiger partial charge in [-0.05, 0) is 31.3 Å². The van der Waals surface area contributed by atoms with Gasteiger partial charge in [0.05, 0.1) is 18.9 Å². The van der Waals surface area contributed by atoms with Gasteiger partial charge in [-0.2, -0.15) is 9.61 Å². The molecular formula is C23H31N5O5. The van der Waals surface area contributed by atoms with Crippen molar-refractivity contribution in [2.45, 2.75) is 53.1 Å². The molecule has 178 valence electrons. The highest BCUT2D eigenvalue weighted by atomic mass is 16.5. The summed E-state index contributed by atoms with van der Waals surface area (Å²) in [5, 5.41) is 18.1. The van der Waals surface area contributed by atoms with Crippen LogP contribution in [0.15, 0.2) is 10.9 Å². The molecule has 0 atom stereocenters. The van der Waals surface area contributed by atoms with Crippen LogP contribution < -0.4 is 10.9 Å². The van der Waals surface area contributed by atoms with E-state index in [4.69, 9.17) is 4.74 Å². The zero-order valence-electron chi connectivity index (χ0n) is 19.6. The Bertz CT molecular complexity index is 1180. The summed E-state index contributed by atoms with van der Waals surface area (Å²) >= 11 is 0. The van der Waals surface area contributed by atoms with Crippen molar-refractivity contribution in [3.8, 4) is 5.88 Å². The van der Waals surface area contributed by atoms with E-state index in [-0.39, 0.29) is 22.9 Å². The first-order valence-electron chi connectivity index (χ1n) is 11.3. The highest BCUT2D eigenvalue weighted by Crippen LogP contribution is 2.27. The van der Waals surface area contributed by atoms with E-state index in [2.05, 4.69) is 10.4 Å². The molecule has 4 rings (SSSR count). The van der Waals surface area contributed by atoms with Crippen LogP contribution in [-0.4, -0.2) is 68.3 Å². The Morgan fingerprint density at radius 2 is 1.91 bits per heavy atom. The molecule has 2 fully saturated rings. The second kappa shape index (κ2) is 8.66. The number of nitrogens with zero attached hydrogens (tertiary/aromatic N) is 4. The number of ether oxygens (including phenoxy) is 1. The third-order valence-corrected chi connectivity index (χ3v) is 5.71. The van der Waals surface area contributed by atoms with Crippen LogP contribution in [0.25, 0.3) is 11.7 Å². The quantitative estimate of drug-likeness (QED) is 0.654. The summed E-state index contributed by atoms with van der Waals surface area (Å²) in [5.41, 5.74) is 0.219. The van der Waals surface area contributed by atoms with E-state index < -0.39 is 17.3 Å². The number of aromatic hydroxyl groups is 1. The summed E-state index contributed by atoms with van der Waals surface area (Å²) in [4.78, 5) is 40.6. The fourth-order valence-electron chi connectivity index (χ4n) is 3.91. The molecule has 2 aliphatic rings. The SMILES string of the molecule is Cc1nn2c(O)c(C(=O)NC3CC3)c(=O)n(CC(C)(C)C)c2c1/C=C/C(=O)N1CCOCC1. The van der Waals surface area contributed by atoms with Gasteiger partial charge < -0.3 is 20.1 Å². The number of carbonyl (C=O) groups is 2. The van der Waals surface area contributed by atoms with Gasteiger partial charge in [0.25, 0.3) is 11.5 Å². The zero-order chi connectivity index (χ0) is 23.9. The summed E-state index contributed by atoms with van der Waals surface area (Å²) in [6, 6.07) is 0.0344.